The summed E-state index contributed by atoms with van der Waals surface area (Å²) in [5, 5.41) is 0. The van der Waals surface area contributed by atoms with Crippen LogP contribution in [0.2, 0.25) is 0 Å². The van der Waals surface area contributed by atoms with E-state index in [2.05, 4.69) is 14.7 Å². The second kappa shape index (κ2) is 7.67. The van der Waals surface area contributed by atoms with E-state index in [-0.39, 0.29) is 29.3 Å². The summed E-state index contributed by atoms with van der Waals surface area (Å²) in [7, 11) is -3.19. The number of halogens is 3. The van der Waals surface area contributed by atoms with Gasteiger partial charge in [-0.1, -0.05) is 0 Å². The van der Waals surface area contributed by atoms with Crippen molar-refractivity contribution in [3.05, 3.63) is 23.8 Å². The molecule has 2 N–H and O–H groups in total. The van der Waals surface area contributed by atoms with Crippen molar-refractivity contribution in [2.24, 2.45) is 5.92 Å². The molecule has 0 radical (unpaired) electrons. The van der Waals surface area contributed by atoms with Crippen LogP contribution >= 0.6 is 0 Å². The van der Waals surface area contributed by atoms with Gasteiger partial charge in [0.1, 0.15) is 6.10 Å². The smallest absolute Gasteiger partial charge is 0.416 e. The van der Waals surface area contributed by atoms with Gasteiger partial charge in [0.25, 0.3) is 6.01 Å². The number of ether oxygens (including phenoxy) is 1. The number of imidazole rings is 1. The fourth-order valence-electron chi connectivity index (χ4n) is 3.18. The zero-order valence-electron chi connectivity index (χ0n) is 14.8. The van der Waals surface area contributed by atoms with Crippen molar-refractivity contribution in [1.29, 1.82) is 0 Å². The lowest BCUT2D eigenvalue weighted by Gasteiger charge is -2.28. The lowest BCUT2D eigenvalue weighted by Crippen LogP contribution is -2.34. The van der Waals surface area contributed by atoms with E-state index in [1.54, 1.807) is 6.92 Å². The maximum absolute atomic E-state index is 12.8. The molecule has 1 fully saturated rings. The Hall–Kier alpha value is -1.81. The summed E-state index contributed by atoms with van der Waals surface area (Å²) in [4.78, 5) is 6.99. The molecule has 0 bridgehead atoms. The van der Waals surface area contributed by atoms with E-state index in [0.29, 0.717) is 12.1 Å². The van der Waals surface area contributed by atoms with Crippen LogP contribution < -0.4 is 9.46 Å². The van der Waals surface area contributed by atoms with E-state index < -0.39 is 21.8 Å². The first-order chi connectivity index (χ1) is 12.7. The van der Waals surface area contributed by atoms with Crippen molar-refractivity contribution in [3.63, 3.8) is 0 Å². The van der Waals surface area contributed by atoms with Crippen molar-refractivity contribution in [1.82, 2.24) is 14.7 Å². The van der Waals surface area contributed by atoms with Crippen LogP contribution in [0.4, 0.5) is 13.2 Å². The van der Waals surface area contributed by atoms with Crippen LogP contribution in [0.15, 0.2) is 18.2 Å². The highest BCUT2D eigenvalue weighted by Gasteiger charge is 2.31. The number of H-pyrrole nitrogens is 1. The number of benzene rings is 1. The highest BCUT2D eigenvalue weighted by atomic mass is 32.2. The quantitative estimate of drug-likeness (QED) is 0.771. The molecule has 0 aliphatic heterocycles. The van der Waals surface area contributed by atoms with Crippen molar-refractivity contribution >= 4 is 21.1 Å². The lowest BCUT2D eigenvalue weighted by molar-refractivity contribution is -0.137. The van der Waals surface area contributed by atoms with Gasteiger partial charge in [-0.2, -0.15) is 18.2 Å². The minimum Gasteiger partial charge on any atom is -0.461 e. The highest BCUT2D eigenvalue weighted by Crippen LogP contribution is 2.32. The van der Waals surface area contributed by atoms with Crippen LogP contribution in [0.25, 0.3) is 11.0 Å². The van der Waals surface area contributed by atoms with Crippen molar-refractivity contribution in [3.8, 4) is 6.01 Å². The van der Waals surface area contributed by atoms with E-state index in [1.165, 1.54) is 6.07 Å². The summed E-state index contributed by atoms with van der Waals surface area (Å²) in [6, 6.07) is 3.54. The second-order valence-corrected chi connectivity index (χ2v) is 8.88. The van der Waals surface area contributed by atoms with E-state index in [9.17, 15) is 21.6 Å². The Morgan fingerprint density at radius 2 is 1.96 bits per heavy atom. The van der Waals surface area contributed by atoms with Crippen LogP contribution in [0, 0.1) is 5.92 Å². The standard InChI is InChI=1S/C17H22F3N3O3S/c1-2-27(24,25)21-10-11-3-6-13(7-4-11)26-16-22-14-8-5-12(17(18,19)20)9-15(14)23-16/h5,8-9,11,13,21H,2-4,6-7,10H2,1H3,(H,22,23). The number of hydrogen-bond acceptors (Lipinski definition) is 4. The van der Waals surface area contributed by atoms with Crippen molar-refractivity contribution in [2.75, 3.05) is 12.3 Å². The average molecular weight is 405 g/mol. The van der Waals surface area contributed by atoms with Crippen LogP contribution in [-0.2, 0) is 16.2 Å². The van der Waals surface area contributed by atoms with Gasteiger partial charge in [0.2, 0.25) is 10.0 Å². The molecule has 1 aromatic carbocycles. The molecule has 2 aromatic rings. The number of nitrogens with one attached hydrogen (secondary N) is 2. The number of hydrogen-bond donors (Lipinski definition) is 2. The Labute approximate surface area is 155 Å². The summed E-state index contributed by atoms with van der Waals surface area (Å²) in [6.07, 6.45) is -1.39. The van der Waals surface area contributed by atoms with E-state index >= 15 is 0 Å². The monoisotopic (exact) mass is 405 g/mol. The maximum atomic E-state index is 12.8. The SMILES string of the molecule is CCS(=O)(=O)NCC1CCC(Oc2nc3ccc(C(F)(F)F)cc3[nH]2)CC1. The molecular weight excluding hydrogens is 383 g/mol. The Bertz CT molecular complexity index is 888. The number of rotatable bonds is 6. The molecule has 3 rings (SSSR count). The maximum Gasteiger partial charge on any atom is 0.416 e. The Morgan fingerprint density at radius 1 is 1.26 bits per heavy atom. The molecule has 1 saturated carbocycles. The third-order valence-electron chi connectivity index (χ3n) is 4.83. The molecule has 10 heteroatoms. The first kappa shape index (κ1) is 19.9. The first-order valence-corrected chi connectivity index (χ1v) is 10.5. The highest BCUT2D eigenvalue weighted by molar-refractivity contribution is 7.89. The van der Waals surface area contributed by atoms with E-state index in [0.717, 1.165) is 37.8 Å². The normalized spacial score (nSPS) is 21.5. The lowest BCUT2D eigenvalue weighted by atomic mass is 9.87. The molecule has 1 aliphatic rings. The molecule has 0 saturated heterocycles. The van der Waals surface area contributed by atoms with Gasteiger partial charge < -0.3 is 9.72 Å². The molecule has 0 spiro atoms. The van der Waals surface area contributed by atoms with Crippen molar-refractivity contribution in [2.45, 2.75) is 44.9 Å². The number of aromatic nitrogens is 2. The van der Waals surface area contributed by atoms with Crippen LogP contribution in [0.1, 0.15) is 38.2 Å². The molecule has 0 amide bonds. The predicted molar refractivity (Wildman–Crippen MR) is 94.9 cm³/mol. The van der Waals surface area contributed by atoms with Gasteiger partial charge in [-0.25, -0.2) is 13.1 Å². The Kier molecular flexibility index (Phi) is 5.66. The van der Waals surface area contributed by atoms with Gasteiger partial charge >= 0.3 is 6.18 Å². The molecule has 1 aromatic heterocycles. The number of fused-ring (bicyclic) bond motifs is 1. The molecular formula is C17H22F3N3O3S. The zero-order valence-corrected chi connectivity index (χ0v) is 15.7. The average Bonchev–Trinajstić information content (AvgIpc) is 3.02. The Morgan fingerprint density at radius 3 is 2.59 bits per heavy atom. The molecule has 0 atom stereocenters. The van der Waals surface area contributed by atoms with E-state index in [1.807, 2.05) is 0 Å². The number of sulfonamides is 1. The predicted octanol–water partition coefficient (Wildman–Crippen LogP) is 3.46. The Balaban J connectivity index is 1.56. The minimum absolute atomic E-state index is 0.0631. The van der Waals surface area contributed by atoms with Gasteiger partial charge in [-0.3, -0.25) is 0 Å². The van der Waals surface area contributed by atoms with Crippen LogP contribution in [0.5, 0.6) is 6.01 Å². The third kappa shape index (κ3) is 5.13. The molecule has 6 nitrogen and oxygen atoms in total. The minimum atomic E-state index is -4.40. The topological polar surface area (TPSA) is 84.1 Å². The summed E-state index contributed by atoms with van der Waals surface area (Å²) in [5.74, 6) is 0.323. The van der Waals surface area contributed by atoms with Gasteiger partial charge in [-0.15, -0.1) is 0 Å². The van der Waals surface area contributed by atoms with Crippen molar-refractivity contribution < 1.29 is 26.3 Å². The molecule has 150 valence electrons. The van der Waals surface area contributed by atoms with Crippen LogP contribution in [0.3, 0.4) is 0 Å². The van der Waals surface area contributed by atoms with E-state index in [4.69, 9.17) is 4.74 Å². The largest absolute Gasteiger partial charge is 0.461 e. The van der Waals surface area contributed by atoms with Gasteiger partial charge in [0.05, 0.1) is 22.3 Å². The van der Waals surface area contributed by atoms with Gasteiger partial charge in [-0.05, 0) is 56.7 Å². The third-order valence-corrected chi connectivity index (χ3v) is 6.20. The van der Waals surface area contributed by atoms with Gasteiger partial charge in [0, 0.05) is 6.54 Å². The summed E-state index contributed by atoms with van der Waals surface area (Å²) >= 11 is 0. The first-order valence-electron chi connectivity index (χ1n) is 8.87. The summed E-state index contributed by atoms with van der Waals surface area (Å²) in [5.41, 5.74) is -0.0385. The summed E-state index contributed by atoms with van der Waals surface area (Å²) < 4.78 is 69.7. The number of alkyl halides is 3. The zero-order chi connectivity index (χ0) is 19.7. The fourth-order valence-corrected chi connectivity index (χ4v) is 3.87. The van der Waals surface area contributed by atoms with Crippen LogP contribution in [-0.4, -0.2) is 36.8 Å². The summed E-state index contributed by atoms with van der Waals surface area (Å²) in [6.45, 7) is 2.02. The molecule has 27 heavy (non-hydrogen) atoms. The number of nitrogens with zero attached hydrogens (tertiary/aromatic N) is 1. The molecule has 0 unspecified atom stereocenters. The molecule has 1 aliphatic carbocycles. The molecule has 1 heterocycles. The fraction of sp³-hybridized carbons (Fsp3) is 0.588. The second-order valence-electron chi connectivity index (χ2n) is 6.78. The van der Waals surface area contributed by atoms with Gasteiger partial charge in [0.15, 0.2) is 0 Å². The number of aromatic amines is 1.